The van der Waals surface area contributed by atoms with Gasteiger partial charge >= 0.3 is 0 Å². The highest BCUT2D eigenvalue weighted by atomic mass is 35.5. The molecule has 1 atom stereocenters. The van der Waals surface area contributed by atoms with Crippen molar-refractivity contribution >= 4 is 22.8 Å². The normalized spacial score (nSPS) is 13.1. The van der Waals surface area contributed by atoms with E-state index in [1.807, 2.05) is 6.92 Å². The minimum atomic E-state index is -0.719. The van der Waals surface area contributed by atoms with Crippen LogP contribution in [0, 0.1) is 5.95 Å². The number of aliphatic hydroxyl groups excluding tert-OH is 1. The first-order valence-corrected chi connectivity index (χ1v) is 6.21. The molecule has 18 heavy (non-hydrogen) atoms. The van der Waals surface area contributed by atoms with Gasteiger partial charge < -0.3 is 9.67 Å². The van der Waals surface area contributed by atoms with Crippen molar-refractivity contribution in [3.63, 3.8) is 0 Å². The van der Waals surface area contributed by atoms with Gasteiger partial charge in [-0.3, -0.25) is 0 Å². The van der Waals surface area contributed by atoms with Gasteiger partial charge in [0.15, 0.2) is 11.2 Å². The van der Waals surface area contributed by atoms with E-state index in [4.69, 9.17) is 16.7 Å². The molecule has 1 N–H and O–H groups in total. The van der Waals surface area contributed by atoms with E-state index in [2.05, 4.69) is 15.0 Å². The van der Waals surface area contributed by atoms with Crippen molar-refractivity contribution in [1.29, 1.82) is 0 Å². The number of hydrogen-bond acceptors (Lipinski definition) is 4. The van der Waals surface area contributed by atoms with Crippen molar-refractivity contribution in [2.45, 2.75) is 32.2 Å². The van der Waals surface area contributed by atoms with Crippen molar-refractivity contribution < 1.29 is 9.50 Å². The lowest BCUT2D eigenvalue weighted by atomic mass is 10.1. The number of aliphatic hydroxyl groups is 1. The zero-order chi connectivity index (χ0) is 13.1. The highest BCUT2D eigenvalue weighted by Crippen LogP contribution is 2.24. The summed E-state index contributed by atoms with van der Waals surface area (Å²) < 4.78 is 15.3. The molecule has 2 heterocycles. The molecular formula is C11H14ClFN4O. The Kier molecular flexibility index (Phi) is 4.08. The molecule has 0 aliphatic carbocycles. The zero-order valence-corrected chi connectivity index (χ0v) is 10.7. The number of rotatable bonds is 5. The van der Waals surface area contributed by atoms with Crippen molar-refractivity contribution in [3.8, 4) is 0 Å². The van der Waals surface area contributed by atoms with E-state index in [0.717, 1.165) is 12.8 Å². The molecule has 2 rings (SSSR count). The van der Waals surface area contributed by atoms with Crippen LogP contribution in [0.1, 0.15) is 32.2 Å². The van der Waals surface area contributed by atoms with Crippen LogP contribution in [-0.4, -0.2) is 31.2 Å². The van der Waals surface area contributed by atoms with Gasteiger partial charge in [-0.2, -0.15) is 14.4 Å². The summed E-state index contributed by atoms with van der Waals surface area (Å²) >= 11 is 5.66. The molecule has 0 aromatic carbocycles. The molecule has 2 aromatic heterocycles. The number of imidazole rings is 1. The van der Waals surface area contributed by atoms with E-state index < -0.39 is 5.95 Å². The predicted molar refractivity (Wildman–Crippen MR) is 65.9 cm³/mol. The van der Waals surface area contributed by atoms with Crippen LogP contribution in [0.25, 0.3) is 11.2 Å². The average Bonchev–Trinajstić information content (AvgIpc) is 2.72. The van der Waals surface area contributed by atoms with Gasteiger partial charge in [0, 0.05) is 12.6 Å². The van der Waals surface area contributed by atoms with Gasteiger partial charge in [-0.05, 0) is 24.4 Å². The maximum absolute atomic E-state index is 13.5. The first kappa shape index (κ1) is 13.2. The Balaban J connectivity index is 2.49. The molecule has 0 bridgehead atoms. The summed E-state index contributed by atoms with van der Waals surface area (Å²) in [5.74, 6) is -0.719. The monoisotopic (exact) mass is 272 g/mol. The summed E-state index contributed by atoms with van der Waals surface area (Å²) in [7, 11) is 0. The molecule has 98 valence electrons. The van der Waals surface area contributed by atoms with Crippen molar-refractivity contribution in [3.05, 3.63) is 17.6 Å². The lowest BCUT2D eigenvalue weighted by Gasteiger charge is -2.16. The summed E-state index contributed by atoms with van der Waals surface area (Å²) in [6.07, 6.45) is 3.90. The molecule has 0 aliphatic rings. The Morgan fingerprint density at radius 2 is 2.22 bits per heavy atom. The topological polar surface area (TPSA) is 63.8 Å². The minimum Gasteiger partial charge on any atom is -0.396 e. The van der Waals surface area contributed by atoms with Crippen LogP contribution < -0.4 is 0 Å². The first-order chi connectivity index (χ1) is 8.67. The fourth-order valence-corrected chi connectivity index (χ4v) is 2.18. The van der Waals surface area contributed by atoms with Gasteiger partial charge in [0.25, 0.3) is 0 Å². The highest BCUT2D eigenvalue weighted by Gasteiger charge is 2.17. The quantitative estimate of drug-likeness (QED) is 0.670. The lowest BCUT2D eigenvalue weighted by Crippen LogP contribution is -2.10. The van der Waals surface area contributed by atoms with E-state index in [1.54, 1.807) is 4.57 Å². The van der Waals surface area contributed by atoms with Crippen LogP contribution in [0.5, 0.6) is 0 Å². The molecule has 0 aliphatic heterocycles. The fraction of sp³-hybridized carbons (Fsp3) is 0.545. The molecule has 0 unspecified atom stereocenters. The summed E-state index contributed by atoms with van der Waals surface area (Å²) in [6.45, 7) is 2.11. The molecule has 0 saturated heterocycles. The third kappa shape index (κ3) is 2.44. The second-order valence-corrected chi connectivity index (χ2v) is 4.40. The Bertz CT molecular complexity index is 539. The van der Waals surface area contributed by atoms with Crippen molar-refractivity contribution in [1.82, 2.24) is 19.5 Å². The Morgan fingerprint density at radius 1 is 1.44 bits per heavy atom. The molecular weight excluding hydrogens is 259 g/mol. The van der Waals surface area contributed by atoms with Crippen LogP contribution in [0.2, 0.25) is 5.28 Å². The second-order valence-electron chi connectivity index (χ2n) is 4.06. The van der Waals surface area contributed by atoms with Crippen LogP contribution in [-0.2, 0) is 0 Å². The number of halogens is 2. The van der Waals surface area contributed by atoms with E-state index in [-0.39, 0.29) is 23.4 Å². The summed E-state index contributed by atoms with van der Waals surface area (Å²) in [6, 6.07) is 0.0374. The first-order valence-electron chi connectivity index (χ1n) is 5.83. The smallest absolute Gasteiger partial charge is 0.245 e. The van der Waals surface area contributed by atoms with Gasteiger partial charge in [-0.1, -0.05) is 13.3 Å². The Hall–Kier alpha value is -1.27. The van der Waals surface area contributed by atoms with Crippen LogP contribution >= 0.6 is 11.6 Å². The van der Waals surface area contributed by atoms with E-state index >= 15 is 0 Å². The molecule has 7 heteroatoms. The molecule has 0 amide bonds. The average molecular weight is 273 g/mol. The zero-order valence-electron chi connectivity index (χ0n) is 9.98. The van der Waals surface area contributed by atoms with E-state index in [9.17, 15) is 4.39 Å². The summed E-state index contributed by atoms with van der Waals surface area (Å²) in [4.78, 5) is 11.4. The maximum Gasteiger partial charge on any atom is 0.245 e. The van der Waals surface area contributed by atoms with Gasteiger partial charge in [-0.15, -0.1) is 0 Å². The standard InChI is InChI=1S/C11H14ClFN4O/c1-2-3-7(4-5-18)17-6-14-8-9(13)15-11(12)16-10(8)17/h6-7,18H,2-5H2,1H3/t7-/m0/s1. The lowest BCUT2D eigenvalue weighted by molar-refractivity contribution is 0.253. The van der Waals surface area contributed by atoms with E-state index in [0.29, 0.717) is 12.1 Å². The number of nitrogens with zero attached hydrogens (tertiary/aromatic N) is 4. The van der Waals surface area contributed by atoms with Crippen molar-refractivity contribution in [2.24, 2.45) is 0 Å². The van der Waals surface area contributed by atoms with Gasteiger partial charge in [0.1, 0.15) is 0 Å². The SMILES string of the molecule is CCC[C@@H](CCO)n1cnc2c(F)nc(Cl)nc21. The molecule has 0 fully saturated rings. The summed E-state index contributed by atoms with van der Waals surface area (Å²) in [5, 5.41) is 8.94. The van der Waals surface area contributed by atoms with Crippen LogP contribution in [0.3, 0.4) is 0 Å². The molecule has 5 nitrogen and oxygen atoms in total. The third-order valence-electron chi connectivity index (χ3n) is 2.83. The summed E-state index contributed by atoms with van der Waals surface area (Å²) in [5.41, 5.74) is 0.484. The Morgan fingerprint density at radius 3 is 2.89 bits per heavy atom. The number of hydrogen-bond donors (Lipinski definition) is 1. The highest BCUT2D eigenvalue weighted by molar-refractivity contribution is 6.28. The third-order valence-corrected chi connectivity index (χ3v) is 3.00. The molecule has 0 spiro atoms. The second kappa shape index (κ2) is 5.58. The predicted octanol–water partition coefficient (Wildman–Crippen LogP) is 2.34. The van der Waals surface area contributed by atoms with Crippen molar-refractivity contribution in [2.75, 3.05) is 6.61 Å². The van der Waals surface area contributed by atoms with Crippen LogP contribution in [0.4, 0.5) is 4.39 Å². The molecule has 0 saturated carbocycles. The van der Waals surface area contributed by atoms with Crippen LogP contribution in [0.15, 0.2) is 6.33 Å². The van der Waals surface area contributed by atoms with E-state index in [1.165, 1.54) is 6.33 Å². The van der Waals surface area contributed by atoms with Gasteiger partial charge in [-0.25, -0.2) is 4.98 Å². The van der Waals surface area contributed by atoms with Gasteiger partial charge in [0.2, 0.25) is 11.2 Å². The Labute approximate surface area is 109 Å². The number of fused-ring (bicyclic) bond motifs is 1. The van der Waals surface area contributed by atoms with Gasteiger partial charge in [0.05, 0.1) is 6.33 Å². The maximum atomic E-state index is 13.5. The molecule has 0 radical (unpaired) electrons. The minimum absolute atomic E-state index is 0.0374. The number of aromatic nitrogens is 4. The largest absolute Gasteiger partial charge is 0.396 e. The fourth-order valence-electron chi connectivity index (χ4n) is 2.03. The molecule has 2 aromatic rings.